The van der Waals surface area contributed by atoms with Crippen molar-refractivity contribution in [3.8, 4) is 23.0 Å². The summed E-state index contributed by atoms with van der Waals surface area (Å²) < 4.78 is 33.4. The number of carbonyl (C=O) groups is 2. The summed E-state index contributed by atoms with van der Waals surface area (Å²) in [7, 11) is 0. The average molecular weight is 515 g/mol. The molecule has 0 heterocycles. The van der Waals surface area contributed by atoms with Gasteiger partial charge in [0, 0.05) is 0 Å². The summed E-state index contributed by atoms with van der Waals surface area (Å²) >= 11 is 0. The molecule has 0 spiro atoms. The van der Waals surface area contributed by atoms with Crippen LogP contribution in [0.3, 0.4) is 0 Å². The number of para-hydroxylation sites is 4. The van der Waals surface area contributed by atoms with Crippen molar-refractivity contribution in [1.82, 2.24) is 0 Å². The van der Waals surface area contributed by atoms with Crippen LogP contribution in [0.15, 0.2) is 121 Å². The molecule has 8 heteroatoms. The van der Waals surface area contributed by atoms with Crippen molar-refractivity contribution in [2.24, 2.45) is 0 Å². The molecule has 4 aromatic rings. The molecule has 0 aliphatic rings. The molecule has 0 aliphatic heterocycles. The Labute approximate surface area is 220 Å². The summed E-state index contributed by atoms with van der Waals surface area (Å²) in [5, 5.41) is 0. The lowest BCUT2D eigenvalue weighted by Gasteiger charge is -2.21. The van der Waals surface area contributed by atoms with Crippen molar-refractivity contribution in [3.63, 3.8) is 0 Å². The summed E-state index contributed by atoms with van der Waals surface area (Å²) in [5.41, 5.74) is 0. The van der Waals surface area contributed by atoms with E-state index in [1.54, 1.807) is 97.1 Å². The van der Waals surface area contributed by atoms with Gasteiger partial charge in [-0.05, 0) is 48.5 Å². The van der Waals surface area contributed by atoms with E-state index in [4.69, 9.17) is 28.4 Å². The van der Waals surface area contributed by atoms with Crippen LogP contribution in [0.5, 0.6) is 23.0 Å². The Hall–Kier alpha value is -4.98. The lowest BCUT2D eigenvalue weighted by Crippen LogP contribution is -2.35. The topological polar surface area (TPSA) is 89.5 Å². The van der Waals surface area contributed by atoms with E-state index in [0.717, 1.165) is 0 Å². The van der Waals surface area contributed by atoms with E-state index in [1.165, 1.54) is 0 Å². The molecule has 4 rings (SSSR count). The maximum Gasteiger partial charge on any atom is 0.417 e. The highest BCUT2D eigenvalue weighted by Crippen LogP contribution is 2.18. The summed E-state index contributed by atoms with van der Waals surface area (Å²) in [5.74, 6) is -0.392. The van der Waals surface area contributed by atoms with Crippen molar-refractivity contribution < 1.29 is 38.0 Å². The molecule has 0 atom stereocenters. The Morgan fingerprint density at radius 3 is 0.895 bits per heavy atom. The molecule has 8 nitrogen and oxygen atoms in total. The molecule has 194 valence electrons. The second-order valence-electron chi connectivity index (χ2n) is 7.78. The van der Waals surface area contributed by atoms with E-state index < -0.39 is 24.5 Å². The molecular weight excluding hydrogens is 488 g/mol. The Morgan fingerprint density at radius 2 is 0.658 bits per heavy atom. The first-order valence-electron chi connectivity index (χ1n) is 11.9. The van der Waals surface area contributed by atoms with Crippen molar-refractivity contribution in [2.45, 2.75) is 12.6 Å². The molecule has 0 N–H and O–H groups in total. The van der Waals surface area contributed by atoms with Gasteiger partial charge in [-0.3, -0.25) is 0 Å². The van der Waals surface area contributed by atoms with E-state index in [-0.39, 0.29) is 13.2 Å². The predicted octanol–water partition coefficient (Wildman–Crippen LogP) is 5.04. The van der Waals surface area contributed by atoms with Gasteiger partial charge in [-0.2, -0.15) is 0 Å². The summed E-state index contributed by atoms with van der Waals surface area (Å²) in [6.45, 7) is -0.718. The fourth-order valence-electron chi connectivity index (χ4n) is 3.19. The summed E-state index contributed by atoms with van der Waals surface area (Å²) in [4.78, 5) is 24.8. The van der Waals surface area contributed by atoms with Gasteiger partial charge in [0.2, 0.25) is 0 Å². The number of benzene rings is 4. The molecule has 0 saturated heterocycles. The Balaban J connectivity index is 1.33. The summed E-state index contributed by atoms with van der Waals surface area (Å²) in [6, 6.07) is 35.6. The third-order valence-electron chi connectivity index (χ3n) is 4.91. The van der Waals surface area contributed by atoms with Gasteiger partial charge in [-0.1, -0.05) is 72.8 Å². The van der Waals surface area contributed by atoms with Crippen LogP contribution in [0, 0.1) is 0 Å². The van der Waals surface area contributed by atoms with E-state index in [2.05, 4.69) is 0 Å². The highest BCUT2D eigenvalue weighted by atomic mass is 16.7. The minimum Gasteiger partial charge on any atom is -0.451 e. The minimum atomic E-state index is -1.21. The first kappa shape index (κ1) is 26.1. The highest BCUT2D eigenvalue weighted by molar-refractivity contribution is 6.29. The van der Waals surface area contributed by atoms with Crippen LogP contribution in [0.4, 0.5) is 0 Å². The zero-order valence-corrected chi connectivity index (χ0v) is 20.4. The van der Waals surface area contributed by atoms with Crippen LogP contribution < -0.4 is 18.9 Å². The third kappa shape index (κ3) is 8.60. The third-order valence-corrected chi connectivity index (χ3v) is 4.91. The van der Waals surface area contributed by atoms with Crippen molar-refractivity contribution in [3.05, 3.63) is 121 Å². The highest BCUT2D eigenvalue weighted by Gasteiger charge is 2.24. The van der Waals surface area contributed by atoms with E-state index >= 15 is 0 Å². The van der Waals surface area contributed by atoms with E-state index in [0.29, 0.717) is 23.0 Å². The SMILES string of the molecule is O=C(OCC(Oc1ccccc1)Oc1ccccc1)C(=O)OCC(Oc1ccccc1)Oc1ccccc1. The lowest BCUT2D eigenvalue weighted by atomic mass is 10.3. The lowest BCUT2D eigenvalue weighted by molar-refractivity contribution is -0.175. The molecule has 0 aromatic heterocycles. The average Bonchev–Trinajstić information content (AvgIpc) is 2.96. The van der Waals surface area contributed by atoms with Crippen LogP contribution in [0.2, 0.25) is 0 Å². The number of hydrogen-bond donors (Lipinski definition) is 0. The minimum absolute atomic E-state index is 0.359. The maximum absolute atomic E-state index is 12.4. The fraction of sp³-hybridized carbons (Fsp3) is 0.133. The van der Waals surface area contributed by atoms with Gasteiger partial charge in [-0.25, -0.2) is 9.59 Å². The van der Waals surface area contributed by atoms with Gasteiger partial charge in [-0.15, -0.1) is 0 Å². The number of esters is 2. The smallest absolute Gasteiger partial charge is 0.417 e. The zero-order valence-electron chi connectivity index (χ0n) is 20.4. The van der Waals surface area contributed by atoms with Gasteiger partial charge in [0.1, 0.15) is 23.0 Å². The number of rotatable bonds is 12. The van der Waals surface area contributed by atoms with Crippen LogP contribution in [-0.2, 0) is 19.1 Å². The van der Waals surface area contributed by atoms with Crippen LogP contribution >= 0.6 is 0 Å². The normalized spacial score (nSPS) is 10.5. The first-order valence-corrected chi connectivity index (χ1v) is 11.9. The van der Waals surface area contributed by atoms with E-state index in [9.17, 15) is 9.59 Å². The van der Waals surface area contributed by atoms with E-state index in [1.807, 2.05) is 24.3 Å². The predicted molar refractivity (Wildman–Crippen MR) is 138 cm³/mol. The number of carbonyl (C=O) groups excluding carboxylic acids is 2. The van der Waals surface area contributed by atoms with Crippen molar-refractivity contribution in [2.75, 3.05) is 13.2 Å². The van der Waals surface area contributed by atoms with Crippen LogP contribution in [0.25, 0.3) is 0 Å². The van der Waals surface area contributed by atoms with Crippen LogP contribution in [-0.4, -0.2) is 37.7 Å². The standard InChI is InChI=1S/C30H26O8/c31-29(33-21-27(35-23-13-5-1-6-14-23)36-24-15-7-2-8-16-24)30(32)34-22-28(37-25-17-9-3-10-18-25)38-26-19-11-4-12-20-26/h1-20,27-28H,21-22H2. The zero-order chi connectivity index (χ0) is 26.4. The fourth-order valence-corrected chi connectivity index (χ4v) is 3.19. The van der Waals surface area contributed by atoms with Gasteiger partial charge in [0.05, 0.1) is 0 Å². The van der Waals surface area contributed by atoms with Gasteiger partial charge >= 0.3 is 11.9 Å². The molecular formula is C30H26O8. The molecule has 0 unspecified atom stereocenters. The van der Waals surface area contributed by atoms with Gasteiger partial charge < -0.3 is 28.4 Å². The molecule has 0 saturated carbocycles. The van der Waals surface area contributed by atoms with Crippen LogP contribution in [0.1, 0.15) is 0 Å². The first-order chi connectivity index (χ1) is 18.7. The Morgan fingerprint density at radius 1 is 0.421 bits per heavy atom. The second kappa shape index (κ2) is 13.9. The van der Waals surface area contributed by atoms with Crippen molar-refractivity contribution >= 4 is 11.9 Å². The molecule has 0 bridgehead atoms. The molecule has 38 heavy (non-hydrogen) atoms. The molecule has 0 aliphatic carbocycles. The number of hydrogen-bond acceptors (Lipinski definition) is 8. The monoisotopic (exact) mass is 514 g/mol. The molecule has 0 radical (unpaired) electrons. The quantitative estimate of drug-likeness (QED) is 0.148. The number of ether oxygens (including phenoxy) is 6. The van der Waals surface area contributed by atoms with Crippen molar-refractivity contribution in [1.29, 1.82) is 0 Å². The van der Waals surface area contributed by atoms with Gasteiger partial charge in [0.25, 0.3) is 12.6 Å². The second-order valence-corrected chi connectivity index (χ2v) is 7.78. The van der Waals surface area contributed by atoms with Gasteiger partial charge in [0.15, 0.2) is 13.2 Å². The molecule has 4 aromatic carbocycles. The Bertz CT molecular complexity index is 1070. The maximum atomic E-state index is 12.4. The largest absolute Gasteiger partial charge is 0.451 e. The summed E-state index contributed by atoms with van der Waals surface area (Å²) in [6.07, 6.45) is -2.01. The Kier molecular flexibility index (Phi) is 9.57. The molecule has 0 fully saturated rings. The molecule has 0 amide bonds.